The number of nitrogens with zero attached hydrogens (tertiary/aromatic N) is 3. The molecule has 0 spiro atoms. The number of anilines is 2. The molecule has 1 aliphatic heterocycles. The number of rotatable bonds is 4. The molecule has 0 radical (unpaired) electrons. The van der Waals surface area contributed by atoms with Crippen molar-refractivity contribution in [1.82, 2.24) is 9.27 Å². The van der Waals surface area contributed by atoms with Crippen molar-refractivity contribution in [3.8, 4) is 0 Å². The average molecular weight is 306 g/mol. The van der Waals surface area contributed by atoms with Crippen LogP contribution in [-0.4, -0.2) is 68.4 Å². The fourth-order valence-electron chi connectivity index (χ4n) is 2.15. The highest BCUT2D eigenvalue weighted by molar-refractivity contribution is 7.91. The molecule has 1 saturated heterocycles. The smallest absolute Gasteiger partial charge is 0.182 e. The first kappa shape index (κ1) is 14.5. The highest BCUT2D eigenvalue weighted by Gasteiger charge is 2.27. The van der Waals surface area contributed by atoms with E-state index in [1.54, 1.807) is 0 Å². The zero-order valence-corrected chi connectivity index (χ0v) is 12.4. The van der Waals surface area contributed by atoms with E-state index in [-0.39, 0.29) is 17.3 Å². The molecule has 2 heterocycles. The van der Waals surface area contributed by atoms with Gasteiger partial charge in [-0.3, -0.25) is 4.90 Å². The summed E-state index contributed by atoms with van der Waals surface area (Å²) in [6.07, 6.45) is 1.15. The molecule has 19 heavy (non-hydrogen) atoms. The summed E-state index contributed by atoms with van der Waals surface area (Å²) in [5.41, 5.74) is 5.66. The van der Waals surface area contributed by atoms with Gasteiger partial charge in [0.1, 0.15) is 9.90 Å². The molecule has 1 fully saturated rings. The van der Waals surface area contributed by atoms with Gasteiger partial charge in [0, 0.05) is 39.0 Å². The number of hydrogen-bond donors (Lipinski definition) is 2. The summed E-state index contributed by atoms with van der Waals surface area (Å²) in [6.45, 7) is 3.80. The summed E-state index contributed by atoms with van der Waals surface area (Å²) < 4.78 is 27.5. The molecule has 2 rings (SSSR count). The van der Waals surface area contributed by atoms with Crippen LogP contribution in [-0.2, 0) is 9.84 Å². The lowest BCUT2D eigenvalue weighted by molar-refractivity contribution is 0.189. The first-order valence-electron chi connectivity index (χ1n) is 5.97. The third kappa shape index (κ3) is 3.16. The second kappa shape index (κ2) is 5.61. The minimum atomic E-state index is -3.37. The summed E-state index contributed by atoms with van der Waals surface area (Å²) in [5, 5.41) is 9.52. The Kier molecular flexibility index (Phi) is 4.29. The highest BCUT2D eigenvalue weighted by atomic mass is 32.2. The average Bonchev–Trinajstić information content (AvgIpc) is 2.72. The van der Waals surface area contributed by atoms with Crippen LogP contribution in [0.15, 0.2) is 4.90 Å². The van der Waals surface area contributed by atoms with E-state index in [2.05, 4.69) is 9.27 Å². The maximum Gasteiger partial charge on any atom is 0.182 e. The van der Waals surface area contributed by atoms with Crippen LogP contribution in [0.4, 0.5) is 10.8 Å². The van der Waals surface area contributed by atoms with Gasteiger partial charge in [0.05, 0.1) is 6.61 Å². The van der Waals surface area contributed by atoms with Crippen molar-refractivity contribution >= 4 is 32.2 Å². The lowest BCUT2D eigenvalue weighted by Crippen LogP contribution is -2.47. The summed E-state index contributed by atoms with van der Waals surface area (Å²) in [6, 6.07) is 0. The van der Waals surface area contributed by atoms with E-state index in [4.69, 9.17) is 10.8 Å². The van der Waals surface area contributed by atoms with Crippen LogP contribution in [0.1, 0.15) is 0 Å². The Labute approximate surface area is 116 Å². The normalized spacial score (nSPS) is 17.9. The lowest BCUT2D eigenvalue weighted by Gasteiger charge is -2.35. The fraction of sp³-hybridized carbons (Fsp3) is 0.700. The highest BCUT2D eigenvalue weighted by Crippen LogP contribution is 2.34. The van der Waals surface area contributed by atoms with Gasteiger partial charge < -0.3 is 15.7 Å². The molecule has 9 heteroatoms. The number of aliphatic hydroxyl groups is 1. The number of aliphatic hydroxyl groups excluding tert-OH is 1. The molecule has 0 amide bonds. The van der Waals surface area contributed by atoms with E-state index in [1.165, 1.54) is 0 Å². The molecule has 1 aromatic rings. The Balaban J connectivity index is 2.17. The molecule has 0 aromatic carbocycles. The first-order valence-corrected chi connectivity index (χ1v) is 8.63. The van der Waals surface area contributed by atoms with Gasteiger partial charge in [-0.15, -0.1) is 0 Å². The molecule has 3 N–H and O–H groups in total. The minimum absolute atomic E-state index is 0.0836. The van der Waals surface area contributed by atoms with Crippen molar-refractivity contribution in [2.45, 2.75) is 4.90 Å². The Morgan fingerprint density at radius 1 is 1.37 bits per heavy atom. The third-order valence-corrected chi connectivity index (χ3v) is 5.30. The molecular formula is C10H18N4O3S2. The van der Waals surface area contributed by atoms with Crippen molar-refractivity contribution in [1.29, 1.82) is 0 Å². The summed E-state index contributed by atoms with van der Waals surface area (Å²) in [5.74, 6) is 0.0836. The van der Waals surface area contributed by atoms with Gasteiger partial charge in [0.2, 0.25) is 0 Å². The zero-order chi connectivity index (χ0) is 14.0. The van der Waals surface area contributed by atoms with E-state index in [0.717, 1.165) is 30.9 Å². The number of aromatic nitrogens is 1. The minimum Gasteiger partial charge on any atom is -0.395 e. The molecule has 1 aromatic heterocycles. The molecule has 0 unspecified atom stereocenters. The van der Waals surface area contributed by atoms with Crippen molar-refractivity contribution in [2.75, 3.05) is 56.2 Å². The number of piperazine rings is 1. The number of sulfone groups is 1. The van der Waals surface area contributed by atoms with Crippen LogP contribution in [0.3, 0.4) is 0 Å². The largest absolute Gasteiger partial charge is 0.395 e. The molecule has 0 aliphatic carbocycles. The Morgan fingerprint density at radius 3 is 2.53 bits per heavy atom. The fourth-order valence-corrected chi connectivity index (χ4v) is 4.41. The van der Waals surface area contributed by atoms with Crippen molar-refractivity contribution < 1.29 is 13.5 Å². The molecule has 108 valence electrons. The van der Waals surface area contributed by atoms with Gasteiger partial charge in [-0.05, 0) is 11.5 Å². The Bertz CT molecular complexity index is 535. The molecule has 0 saturated carbocycles. The number of hydrogen-bond acceptors (Lipinski definition) is 8. The van der Waals surface area contributed by atoms with Gasteiger partial charge in [-0.25, -0.2) is 8.42 Å². The quantitative estimate of drug-likeness (QED) is 0.754. The number of nitrogens with two attached hydrogens (primary N) is 1. The monoisotopic (exact) mass is 306 g/mol. The first-order chi connectivity index (χ1) is 8.93. The van der Waals surface area contributed by atoms with Gasteiger partial charge in [-0.1, -0.05) is 0 Å². The number of β-amino-alcohol motifs (C(OH)–C–C–N with tert-alkyl or cyclic N) is 1. The van der Waals surface area contributed by atoms with E-state index >= 15 is 0 Å². The van der Waals surface area contributed by atoms with Crippen molar-refractivity contribution in [2.24, 2.45) is 0 Å². The van der Waals surface area contributed by atoms with E-state index < -0.39 is 9.84 Å². The van der Waals surface area contributed by atoms with Gasteiger partial charge >= 0.3 is 0 Å². The maximum atomic E-state index is 11.8. The molecular weight excluding hydrogens is 288 g/mol. The summed E-state index contributed by atoms with van der Waals surface area (Å²) in [7, 11) is -3.37. The predicted octanol–water partition coefficient (Wildman–Crippen LogP) is -0.757. The standard InChI is InChI=1S/C10H18N4O3S2/c1-19(16,17)8-9(11)12-18-10(8)14-4-2-13(3-5-14)6-7-15/h15H,2-7H2,1H3,(H2,11,12). The van der Waals surface area contributed by atoms with E-state index in [1.807, 2.05) is 4.90 Å². The van der Waals surface area contributed by atoms with Crippen LogP contribution in [0.25, 0.3) is 0 Å². The third-order valence-electron chi connectivity index (χ3n) is 3.10. The van der Waals surface area contributed by atoms with Gasteiger partial charge in [-0.2, -0.15) is 4.37 Å². The molecule has 0 atom stereocenters. The van der Waals surface area contributed by atoms with Crippen LogP contribution in [0.2, 0.25) is 0 Å². The van der Waals surface area contributed by atoms with Gasteiger partial charge in [0.15, 0.2) is 15.7 Å². The topological polar surface area (TPSA) is 99.8 Å². The van der Waals surface area contributed by atoms with Gasteiger partial charge in [0.25, 0.3) is 0 Å². The van der Waals surface area contributed by atoms with Crippen molar-refractivity contribution in [3.05, 3.63) is 0 Å². The van der Waals surface area contributed by atoms with Crippen LogP contribution < -0.4 is 10.6 Å². The lowest BCUT2D eigenvalue weighted by atomic mass is 10.3. The van der Waals surface area contributed by atoms with E-state index in [9.17, 15) is 8.42 Å². The molecule has 7 nitrogen and oxygen atoms in total. The SMILES string of the molecule is CS(=O)(=O)c1c(N)nsc1N1CCN(CCO)CC1. The Morgan fingerprint density at radius 2 is 2.00 bits per heavy atom. The van der Waals surface area contributed by atoms with Crippen LogP contribution >= 0.6 is 11.5 Å². The summed E-state index contributed by atoms with van der Waals surface area (Å²) in [4.78, 5) is 4.28. The number of nitrogen functional groups attached to an aromatic ring is 1. The van der Waals surface area contributed by atoms with E-state index in [0.29, 0.717) is 24.6 Å². The molecule has 1 aliphatic rings. The molecule has 0 bridgehead atoms. The maximum absolute atomic E-state index is 11.8. The van der Waals surface area contributed by atoms with Crippen molar-refractivity contribution in [3.63, 3.8) is 0 Å². The summed E-state index contributed by atoms with van der Waals surface area (Å²) >= 11 is 1.13. The Hall–Kier alpha value is -0.900. The zero-order valence-electron chi connectivity index (χ0n) is 10.7. The van der Waals surface area contributed by atoms with Crippen LogP contribution in [0, 0.1) is 0 Å². The van der Waals surface area contributed by atoms with Crippen LogP contribution in [0.5, 0.6) is 0 Å². The second-order valence-corrected chi connectivity index (χ2v) is 7.23. The second-order valence-electron chi connectivity index (χ2n) is 4.53. The predicted molar refractivity (Wildman–Crippen MR) is 75.4 cm³/mol.